The number of amides is 1. The van der Waals surface area contributed by atoms with E-state index in [1.165, 1.54) is 5.56 Å². The van der Waals surface area contributed by atoms with Gasteiger partial charge in [-0.3, -0.25) is 14.7 Å². The Hall–Kier alpha value is -2.14. The minimum absolute atomic E-state index is 0.285. The van der Waals surface area contributed by atoms with Gasteiger partial charge in [0.25, 0.3) is 0 Å². The molecule has 0 bridgehead atoms. The van der Waals surface area contributed by atoms with Crippen LogP contribution >= 0.6 is 0 Å². The molecule has 0 N–H and O–H groups in total. The standard InChI is InChI=1S/C18H21N3O2/c22-18-2-1-16-17(21(18)12-14-3-7-19-8-4-14)5-9-20(16)11-15-6-10-23-13-15/h3-4,6-8,10,13,16-17H,1-2,5,9,11-12H2/t16-,17-/m1/s1. The summed E-state index contributed by atoms with van der Waals surface area (Å²) < 4.78 is 5.18. The molecule has 0 saturated carbocycles. The lowest BCUT2D eigenvalue weighted by molar-refractivity contribution is -0.138. The van der Waals surface area contributed by atoms with Crippen LogP contribution in [0, 0.1) is 0 Å². The van der Waals surface area contributed by atoms with Gasteiger partial charge in [0, 0.05) is 56.1 Å². The number of nitrogens with zero attached hydrogens (tertiary/aromatic N) is 3. The van der Waals surface area contributed by atoms with E-state index in [0.29, 0.717) is 25.0 Å². The normalized spacial score (nSPS) is 24.9. The molecule has 0 spiro atoms. The van der Waals surface area contributed by atoms with Gasteiger partial charge in [0.1, 0.15) is 0 Å². The van der Waals surface area contributed by atoms with Crippen molar-refractivity contribution in [2.24, 2.45) is 0 Å². The van der Waals surface area contributed by atoms with Gasteiger partial charge in [-0.05, 0) is 36.6 Å². The maximum absolute atomic E-state index is 12.4. The number of carbonyl (C=O) groups excluding carboxylic acids is 1. The van der Waals surface area contributed by atoms with E-state index in [0.717, 1.165) is 31.5 Å². The quantitative estimate of drug-likeness (QED) is 0.870. The van der Waals surface area contributed by atoms with Gasteiger partial charge in [-0.1, -0.05) is 0 Å². The minimum Gasteiger partial charge on any atom is -0.472 e. The molecule has 4 heterocycles. The Morgan fingerprint density at radius 2 is 1.96 bits per heavy atom. The number of carbonyl (C=O) groups is 1. The monoisotopic (exact) mass is 311 g/mol. The fraction of sp³-hybridized carbons (Fsp3) is 0.444. The van der Waals surface area contributed by atoms with E-state index in [-0.39, 0.29) is 5.91 Å². The summed E-state index contributed by atoms with van der Waals surface area (Å²) in [6.07, 6.45) is 9.79. The molecule has 0 aliphatic carbocycles. The second kappa shape index (κ2) is 6.16. The zero-order chi connectivity index (χ0) is 15.6. The number of piperidine rings is 1. The highest BCUT2D eigenvalue weighted by Crippen LogP contribution is 2.33. The zero-order valence-electron chi connectivity index (χ0n) is 13.1. The van der Waals surface area contributed by atoms with Crippen LogP contribution < -0.4 is 0 Å². The molecule has 0 aromatic carbocycles. The second-order valence-corrected chi connectivity index (χ2v) is 6.44. The second-order valence-electron chi connectivity index (χ2n) is 6.44. The third-order valence-electron chi connectivity index (χ3n) is 5.07. The number of rotatable bonds is 4. The van der Waals surface area contributed by atoms with Gasteiger partial charge in [0.15, 0.2) is 0 Å². The number of hydrogen-bond donors (Lipinski definition) is 0. The lowest BCUT2D eigenvalue weighted by Gasteiger charge is -2.40. The van der Waals surface area contributed by atoms with Gasteiger partial charge >= 0.3 is 0 Å². The van der Waals surface area contributed by atoms with E-state index in [9.17, 15) is 4.79 Å². The first-order valence-corrected chi connectivity index (χ1v) is 8.25. The summed E-state index contributed by atoms with van der Waals surface area (Å²) in [5.74, 6) is 0.285. The molecular formula is C18H21N3O2. The topological polar surface area (TPSA) is 49.6 Å². The SMILES string of the molecule is O=C1CC[C@@H]2[C@@H](CCN2Cc2ccoc2)N1Cc1ccncc1. The van der Waals surface area contributed by atoms with E-state index in [2.05, 4.69) is 14.8 Å². The van der Waals surface area contributed by atoms with Crippen LogP contribution in [0.4, 0.5) is 0 Å². The van der Waals surface area contributed by atoms with E-state index in [4.69, 9.17) is 4.42 Å². The Morgan fingerprint density at radius 3 is 2.74 bits per heavy atom. The van der Waals surface area contributed by atoms with Gasteiger partial charge < -0.3 is 9.32 Å². The fourth-order valence-electron chi connectivity index (χ4n) is 3.94. The lowest BCUT2D eigenvalue weighted by Crippen LogP contribution is -2.51. The molecule has 2 fully saturated rings. The molecule has 2 saturated heterocycles. The third-order valence-corrected chi connectivity index (χ3v) is 5.07. The van der Waals surface area contributed by atoms with Crippen molar-refractivity contribution in [3.63, 3.8) is 0 Å². The number of hydrogen-bond acceptors (Lipinski definition) is 4. The zero-order valence-corrected chi connectivity index (χ0v) is 13.1. The van der Waals surface area contributed by atoms with Gasteiger partial charge in [-0.15, -0.1) is 0 Å². The fourth-order valence-corrected chi connectivity index (χ4v) is 3.94. The third kappa shape index (κ3) is 2.88. The molecule has 5 heteroatoms. The molecule has 5 nitrogen and oxygen atoms in total. The molecular weight excluding hydrogens is 290 g/mol. The Labute approximate surface area is 135 Å². The van der Waals surface area contributed by atoms with Crippen molar-refractivity contribution in [2.75, 3.05) is 6.54 Å². The summed E-state index contributed by atoms with van der Waals surface area (Å²) in [7, 11) is 0. The smallest absolute Gasteiger partial charge is 0.223 e. The summed E-state index contributed by atoms with van der Waals surface area (Å²) in [6.45, 7) is 2.65. The van der Waals surface area contributed by atoms with Crippen LogP contribution in [0.25, 0.3) is 0 Å². The Kier molecular flexibility index (Phi) is 3.87. The van der Waals surface area contributed by atoms with Crippen molar-refractivity contribution in [1.82, 2.24) is 14.8 Å². The van der Waals surface area contributed by atoms with Crippen LogP contribution in [-0.4, -0.2) is 39.3 Å². The summed E-state index contributed by atoms with van der Waals surface area (Å²) in [5.41, 5.74) is 2.37. The van der Waals surface area contributed by atoms with Crippen LogP contribution in [0.15, 0.2) is 47.5 Å². The van der Waals surface area contributed by atoms with Crippen LogP contribution in [0.3, 0.4) is 0 Å². The molecule has 2 aromatic rings. The highest BCUT2D eigenvalue weighted by atomic mass is 16.3. The molecule has 4 rings (SSSR count). The van der Waals surface area contributed by atoms with Gasteiger partial charge in [-0.2, -0.15) is 0 Å². The minimum atomic E-state index is 0.285. The molecule has 0 radical (unpaired) electrons. The first-order valence-electron chi connectivity index (χ1n) is 8.25. The van der Waals surface area contributed by atoms with Crippen molar-refractivity contribution in [3.8, 4) is 0 Å². The van der Waals surface area contributed by atoms with Crippen LogP contribution in [-0.2, 0) is 17.9 Å². The van der Waals surface area contributed by atoms with E-state index in [1.54, 1.807) is 18.7 Å². The highest BCUT2D eigenvalue weighted by Gasteiger charge is 2.42. The summed E-state index contributed by atoms with van der Waals surface area (Å²) in [4.78, 5) is 21.1. The van der Waals surface area contributed by atoms with Crippen LogP contribution in [0.2, 0.25) is 0 Å². The van der Waals surface area contributed by atoms with Gasteiger partial charge in [-0.25, -0.2) is 0 Å². The number of pyridine rings is 1. The summed E-state index contributed by atoms with van der Waals surface area (Å²) >= 11 is 0. The average molecular weight is 311 g/mol. The predicted octanol–water partition coefficient (Wildman–Crippen LogP) is 2.44. The van der Waals surface area contributed by atoms with E-state index in [1.807, 2.05) is 24.5 Å². The number of likely N-dealkylation sites (tertiary alicyclic amines) is 2. The molecule has 2 aromatic heterocycles. The maximum atomic E-state index is 12.4. The summed E-state index contributed by atoms with van der Waals surface area (Å²) in [6, 6.07) is 6.81. The largest absolute Gasteiger partial charge is 0.472 e. The van der Waals surface area contributed by atoms with Crippen LogP contribution in [0.1, 0.15) is 30.4 Å². The molecule has 2 atom stereocenters. The van der Waals surface area contributed by atoms with Crippen molar-refractivity contribution >= 4 is 5.91 Å². The highest BCUT2D eigenvalue weighted by molar-refractivity contribution is 5.77. The van der Waals surface area contributed by atoms with Crippen molar-refractivity contribution in [1.29, 1.82) is 0 Å². The number of aromatic nitrogens is 1. The Morgan fingerprint density at radius 1 is 1.09 bits per heavy atom. The molecule has 1 amide bonds. The molecule has 23 heavy (non-hydrogen) atoms. The predicted molar refractivity (Wildman–Crippen MR) is 85.3 cm³/mol. The first-order chi connectivity index (χ1) is 11.3. The first kappa shape index (κ1) is 14.5. The maximum Gasteiger partial charge on any atom is 0.223 e. The Bertz CT molecular complexity index is 656. The van der Waals surface area contributed by atoms with Gasteiger partial charge in [0.2, 0.25) is 5.91 Å². The summed E-state index contributed by atoms with van der Waals surface area (Å²) in [5, 5.41) is 0. The van der Waals surface area contributed by atoms with Gasteiger partial charge in [0.05, 0.1) is 12.5 Å². The number of furan rings is 1. The number of fused-ring (bicyclic) bond motifs is 1. The van der Waals surface area contributed by atoms with Crippen molar-refractivity contribution in [3.05, 3.63) is 54.2 Å². The van der Waals surface area contributed by atoms with E-state index >= 15 is 0 Å². The van der Waals surface area contributed by atoms with Crippen molar-refractivity contribution < 1.29 is 9.21 Å². The molecule has 120 valence electrons. The average Bonchev–Trinajstić information content (AvgIpc) is 3.22. The van der Waals surface area contributed by atoms with Crippen molar-refractivity contribution in [2.45, 2.75) is 44.4 Å². The Balaban J connectivity index is 1.49. The molecule has 2 aliphatic heterocycles. The molecule has 0 unspecified atom stereocenters. The lowest BCUT2D eigenvalue weighted by atomic mass is 9.95. The molecule has 2 aliphatic rings. The van der Waals surface area contributed by atoms with E-state index < -0.39 is 0 Å². The van der Waals surface area contributed by atoms with Crippen LogP contribution in [0.5, 0.6) is 0 Å².